The van der Waals surface area contributed by atoms with Gasteiger partial charge in [-0.25, -0.2) is 4.79 Å². The summed E-state index contributed by atoms with van der Waals surface area (Å²) < 4.78 is 5.75. The molecule has 1 unspecified atom stereocenters. The van der Waals surface area contributed by atoms with Crippen molar-refractivity contribution in [1.82, 2.24) is 0 Å². The molecule has 0 aliphatic carbocycles. The minimum absolute atomic E-state index is 0.189. The number of hydrogen-bond acceptors (Lipinski definition) is 3. The number of allylic oxidation sites excluding steroid dienone is 5. The zero-order valence-corrected chi connectivity index (χ0v) is 14.7. The van der Waals surface area contributed by atoms with Crippen LogP contribution in [0.5, 0.6) is 0 Å². The molecule has 130 valence electrons. The summed E-state index contributed by atoms with van der Waals surface area (Å²) in [5.74, 6) is -1.50. The lowest BCUT2D eigenvalue weighted by atomic mass is 10.2. The van der Waals surface area contributed by atoms with Gasteiger partial charge in [-0.05, 0) is 6.42 Å². The zero-order valence-electron chi connectivity index (χ0n) is 14.7. The lowest BCUT2D eigenvalue weighted by Crippen LogP contribution is -2.43. The van der Waals surface area contributed by atoms with Crippen molar-refractivity contribution >= 4 is 11.9 Å². The molecule has 0 aromatic heterocycles. The molecule has 0 aliphatic heterocycles. The number of carboxylic acid groups (broad SMARTS) is 1. The fraction of sp³-hybridized carbons (Fsp3) is 0.556. The van der Waals surface area contributed by atoms with Crippen molar-refractivity contribution in [1.29, 1.82) is 0 Å². The van der Waals surface area contributed by atoms with E-state index in [4.69, 9.17) is 9.84 Å². The Hall–Kier alpha value is -1.88. The van der Waals surface area contributed by atoms with E-state index < -0.39 is 18.0 Å². The summed E-state index contributed by atoms with van der Waals surface area (Å²) in [6, 6.07) is 0. The van der Waals surface area contributed by atoms with Crippen LogP contribution in [0, 0.1) is 0 Å². The van der Waals surface area contributed by atoms with Gasteiger partial charge < -0.3 is 14.3 Å². The highest BCUT2D eigenvalue weighted by Crippen LogP contribution is 2.06. The Balaban J connectivity index is 4.35. The van der Waals surface area contributed by atoms with E-state index >= 15 is 0 Å². The third-order valence-electron chi connectivity index (χ3n) is 2.86. The summed E-state index contributed by atoms with van der Waals surface area (Å²) in [6.45, 7) is 2.59. The highest BCUT2D eigenvalue weighted by atomic mass is 16.5. The molecule has 0 rings (SSSR count). The molecule has 0 fully saturated rings. The molecule has 0 spiro atoms. The van der Waals surface area contributed by atoms with Gasteiger partial charge in [0, 0.05) is 6.08 Å². The molecule has 0 saturated heterocycles. The lowest BCUT2D eigenvalue weighted by Gasteiger charge is -2.28. The molecule has 1 N–H and O–H groups in total. The highest BCUT2D eigenvalue weighted by molar-refractivity contribution is 5.82. The van der Waals surface area contributed by atoms with E-state index in [1.807, 2.05) is 33.3 Å². The van der Waals surface area contributed by atoms with Crippen molar-refractivity contribution in [2.75, 3.05) is 27.7 Å². The van der Waals surface area contributed by atoms with E-state index in [0.717, 1.165) is 6.42 Å². The number of esters is 1. The second-order valence-electron chi connectivity index (χ2n) is 6.44. The summed E-state index contributed by atoms with van der Waals surface area (Å²) in [6.07, 6.45) is 13.1. The molecule has 23 heavy (non-hydrogen) atoms. The van der Waals surface area contributed by atoms with Crippen LogP contribution in [0.2, 0.25) is 0 Å². The van der Waals surface area contributed by atoms with Gasteiger partial charge in [-0.15, -0.1) is 0 Å². The first-order chi connectivity index (χ1) is 10.7. The molecular weight excluding hydrogens is 294 g/mol. The van der Waals surface area contributed by atoms with Crippen molar-refractivity contribution in [3.8, 4) is 0 Å². The maximum Gasteiger partial charge on any atom is 0.331 e. The van der Waals surface area contributed by atoms with Crippen LogP contribution in [0.1, 0.15) is 32.6 Å². The van der Waals surface area contributed by atoms with E-state index in [9.17, 15) is 9.59 Å². The fourth-order valence-electron chi connectivity index (χ4n) is 1.91. The Labute approximate surface area is 139 Å². The Bertz CT molecular complexity index is 444. The number of ether oxygens (including phenoxy) is 1. The Kier molecular flexibility index (Phi) is 10.7. The third kappa shape index (κ3) is 14.8. The van der Waals surface area contributed by atoms with Gasteiger partial charge in [-0.2, -0.15) is 0 Å². The van der Waals surface area contributed by atoms with Gasteiger partial charge in [-0.3, -0.25) is 4.79 Å². The van der Waals surface area contributed by atoms with Crippen molar-refractivity contribution in [3.05, 3.63) is 36.5 Å². The number of carbonyl (C=O) groups excluding carboxylic acids is 1. The van der Waals surface area contributed by atoms with Gasteiger partial charge in [0.15, 0.2) is 6.10 Å². The summed E-state index contributed by atoms with van der Waals surface area (Å²) in [7, 11) is 5.77. The molecule has 0 bridgehead atoms. The summed E-state index contributed by atoms with van der Waals surface area (Å²) in [5, 5.41) is 8.89. The Morgan fingerprint density at radius 3 is 2.35 bits per heavy atom. The van der Waals surface area contributed by atoms with Gasteiger partial charge in [0.2, 0.25) is 0 Å². The van der Waals surface area contributed by atoms with Gasteiger partial charge >= 0.3 is 11.9 Å². The van der Waals surface area contributed by atoms with Crippen LogP contribution in [0.3, 0.4) is 0 Å². The van der Waals surface area contributed by atoms with E-state index in [1.54, 1.807) is 12.2 Å². The van der Waals surface area contributed by atoms with Crippen LogP contribution in [0.15, 0.2) is 36.5 Å². The van der Waals surface area contributed by atoms with E-state index in [2.05, 4.69) is 13.0 Å². The van der Waals surface area contributed by atoms with Crippen molar-refractivity contribution in [2.45, 2.75) is 38.7 Å². The van der Waals surface area contributed by atoms with Crippen LogP contribution >= 0.6 is 0 Å². The van der Waals surface area contributed by atoms with E-state index in [0.29, 0.717) is 11.0 Å². The normalized spacial score (nSPS) is 13.9. The number of quaternary nitrogens is 1. The molecule has 0 aromatic rings. The topological polar surface area (TPSA) is 63.6 Å². The van der Waals surface area contributed by atoms with Crippen LogP contribution < -0.4 is 0 Å². The molecule has 5 heteroatoms. The second kappa shape index (κ2) is 11.7. The molecule has 0 aliphatic rings. The standard InChI is InChI=1S/C18H29NO4/c1-5-6-7-8-9-10-11-12-13-18(22)23-16(14-17(20)21)15-19(2,3)4/h8-13,16H,5-7,14-15H2,1-4H3/p+1/b9-8+,11-10+,13-12+. The van der Waals surface area contributed by atoms with Gasteiger partial charge in [0.05, 0.1) is 27.6 Å². The Morgan fingerprint density at radius 1 is 1.13 bits per heavy atom. The third-order valence-corrected chi connectivity index (χ3v) is 2.86. The molecule has 0 heterocycles. The predicted octanol–water partition coefficient (Wildman–Crippen LogP) is 2.94. The van der Waals surface area contributed by atoms with Crippen molar-refractivity contribution < 1.29 is 23.9 Å². The molecule has 1 atom stereocenters. The Morgan fingerprint density at radius 2 is 1.78 bits per heavy atom. The number of unbranched alkanes of at least 4 members (excludes halogenated alkanes) is 2. The number of nitrogens with zero attached hydrogens (tertiary/aromatic N) is 1. The van der Waals surface area contributed by atoms with Crippen molar-refractivity contribution in [3.63, 3.8) is 0 Å². The predicted molar refractivity (Wildman–Crippen MR) is 92.0 cm³/mol. The smallest absolute Gasteiger partial charge is 0.331 e. The van der Waals surface area contributed by atoms with Gasteiger partial charge in [0.1, 0.15) is 6.54 Å². The molecule has 0 aromatic carbocycles. The van der Waals surface area contributed by atoms with Crippen molar-refractivity contribution in [2.24, 2.45) is 0 Å². The number of aliphatic carboxylic acids is 1. The first kappa shape index (κ1) is 21.1. The second-order valence-corrected chi connectivity index (χ2v) is 6.44. The first-order valence-corrected chi connectivity index (χ1v) is 7.97. The molecule has 0 amide bonds. The number of hydrogen-bond donors (Lipinski definition) is 1. The zero-order chi connectivity index (χ0) is 17.7. The number of likely N-dealkylation sites (N-methyl/N-ethyl adjacent to an activating group) is 1. The minimum atomic E-state index is -0.975. The van der Waals surface area contributed by atoms with Crippen LogP contribution in [-0.4, -0.2) is 55.3 Å². The fourth-order valence-corrected chi connectivity index (χ4v) is 1.91. The van der Waals surface area contributed by atoms with E-state index in [1.165, 1.54) is 18.9 Å². The lowest BCUT2D eigenvalue weighted by molar-refractivity contribution is -0.873. The van der Waals surface area contributed by atoms with Gasteiger partial charge in [0.25, 0.3) is 0 Å². The van der Waals surface area contributed by atoms with E-state index in [-0.39, 0.29) is 6.42 Å². The van der Waals surface area contributed by atoms with Crippen LogP contribution in [-0.2, 0) is 14.3 Å². The van der Waals surface area contributed by atoms with Crippen LogP contribution in [0.25, 0.3) is 0 Å². The number of rotatable bonds is 11. The largest absolute Gasteiger partial charge is 0.481 e. The number of carboxylic acids is 1. The molecule has 5 nitrogen and oxygen atoms in total. The monoisotopic (exact) mass is 324 g/mol. The maximum absolute atomic E-state index is 11.7. The average molecular weight is 324 g/mol. The SMILES string of the molecule is CCCC/C=C/C=C/C=C/C(=O)OC(CC(=O)O)C[N+](C)(C)C. The summed E-state index contributed by atoms with van der Waals surface area (Å²) in [4.78, 5) is 22.6. The maximum atomic E-state index is 11.7. The summed E-state index contributed by atoms with van der Waals surface area (Å²) >= 11 is 0. The van der Waals surface area contributed by atoms with Gasteiger partial charge in [-0.1, -0.05) is 50.1 Å². The summed E-state index contributed by atoms with van der Waals surface area (Å²) in [5.41, 5.74) is 0. The quantitative estimate of drug-likeness (QED) is 0.209. The molecular formula is C18H30NO4+. The minimum Gasteiger partial charge on any atom is -0.481 e. The molecule has 0 saturated carbocycles. The van der Waals surface area contributed by atoms with Crippen LogP contribution in [0.4, 0.5) is 0 Å². The highest BCUT2D eigenvalue weighted by Gasteiger charge is 2.23. The average Bonchev–Trinajstić information content (AvgIpc) is 2.39. The molecule has 0 radical (unpaired) electrons. The number of carbonyl (C=O) groups is 2. The first-order valence-electron chi connectivity index (χ1n) is 7.97.